The molecule has 1 atom stereocenters. The van der Waals surface area contributed by atoms with Crippen molar-refractivity contribution in [3.63, 3.8) is 0 Å². The zero-order chi connectivity index (χ0) is 5.40. The van der Waals surface area contributed by atoms with Gasteiger partial charge in [-0.1, -0.05) is 0 Å². The van der Waals surface area contributed by atoms with Crippen molar-refractivity contribution in [2.45, 2.75) is 6.10 Å². The summed E-state index contributed by atoms with van der Waals surface area (Å²) in [6.07, 6.45) is 2.25. The van der Waals surface area contributed by atoms with E-state index in [-0.39, 0.29) is 0 Å². The third kappa shape index (κ3) is 0.638. The normalized spacial score (nSPS) is 25.8. The SMILES string of the molecule is c1ncc(C2CO2)s1. The van der Waals surface area contributed by atoms with E-state index < -0.39 is 0 Å². The number of hydrogen-bond acceptors (Lipinski definition) is 3. The van der Waals surface area contributed by atoms with Crippen molar-refractivity contribution in [1.29, 1.82) is 0 Å². The summed E-state index contributed by atoms with van der Waals surface area (Å²) in [6, 6.07) is 0. The molecule has 2 nitrogen and oxygen atoms in total. The van der Waals surface area contributed by atoms with E-state index in [4.69, 9.17) is 4.74 Å². The average Bonchev–Trinajstić information content (AvgIpc) is 2.49. The predicted molar refractivity (Wildman–Crippen MR) is 30.8 cm³/mol. The Balaban J connectivity index is 2.28. The van der Waals surface area contributed by atoms with E-state index in [2.05, 4.69) is 4.98 Å². The smallest absolute Gasteiger partial charge is 0.117 e. The minimum atomic E-state index is 0.391. The molecule has 0 saturated carbocycles. The van der Waals surface area contributed by atoms with Crippen molar-refractivity contribution in [2.24, 2.45) is 0 Å². The summed E-state index contributed by atoms with van der Waals surface area (Å²) >= 11 is 1.66. The first-order valence-electron chi connectivity index (χ1n) is 2.47. The number of rotatable bonds is 1. The largest absolute Gasteiger partial charge is 0.367 e. The summed E-state index contributed by atoms with van der Waals surface area (Å²) < 4.78 is 5.02. The van der Waals surface area contributed by atoms with Gasteiger partial charge >= 0.3 is 0 Å². The van der Waals surface area contributed by atoms with Crippen molar-refractivity contribution >= 4 is 11.3 Å². The third-order valence-electron chi connectivity index (χ3n) is 1.10. The molecule has 1 unspecified atom stereocenters. The van der Waals surface area contributed by atoms with Crippen LogP contribution in [0.3, 0.4) is 0 Å². The Labute approximate surface area is 51.1 Å². The van der Waals surface area contributed by atoms with Crippen molar-refractivity contribution in [1.82, 2.24) is 4.98 Å². The highest BCUT2D eigenvalue weighted by molar-refractivity contribution is 7.09. The van der Waals surface area contributed by atoms with E-state index in [1.54, 1.807) is 11.3 Å². The van der Waals surface area contributed by atoms with Gasteiger partial charge in [0.05, 0.1) is 17.0 Å². The summed E-state index contributed by atoms with van der Waals surface area (Å²) in [7, 11) is 0. The molecular formula is C5H5NOS. The lowest BCUT2D eigenvalue weighted by Crippen LogP contribution is -1.66. The Morgan fingerprint density at radius 3 is 3.25 bits per heavy atom. The minimum absolute atomic E-state index is 0.391. The average molecular weight is 127 g/mol. The maximum Gasteiger partial charge on any atom is 0.117 e. The summed E-state index contributed by atoms with van der Waals surface area (Å²) in [4.78, 5) is 5.18. The van der Waals surface area contributed by atoms with Crippen LogP contribution in [0.2, 0.25) is 0 Å². The first kappa shape index (κ1) is 4.47. The fraction of sp³-hybridized carbons (Fsp3) is 0.400. The molecule has 0 spiro atoms. The van der Waals surface area contributed by atoms with Crippen molar-refractivity contribution in [2.75, 3.05) is 6.61 Å². The molecule has 1 aliphatic rings. The van der Waals surface area contributed by atoms with E-state index in [1.165, 1.54) is 4.88 Å². The van der Waals surface area contributed by atoms with Gasteiger partial charge in [0.25, 0.3) is 0 Å². The Morgan fingerprint density at radius 2 is 2.75 bits per heavy atom. The number of ether oxygens (including phenoxy) is 1. The standard InChI is InChI=1S/C5H5NOS/c1-5(4-2-7-4)8-3-6-1/h1,3-4H,2H2. The molecule has 42 valence electrons. The van der Waals surface area contributed by atoms with Crippen molar-refractivity contribution < 1.29 is 4.74 Å². The van der Waals surface area contributed by atoms with Crippen molar-refractivity contribution in [3.8, 4) is 0 Å². The van der Waals surface area contributed by atoms with E-state index in [1.807, 2.05) is 11.7 Å². The van der Waals surface area contributed by atoms with Gasteiger partial charge in [0.2, 0.25) is 0 Å². The Bertz CT molecular complexity index is 169. The van der Waals surface area contributed by atoms with E-state index >= 15 is 0 Å². The van der Waals surface area contributed by atoms with Crippen LogP contribution in [0.25, 0.3) is 0 Å². The molecule has 1 aromatic heterocycles. The lowest BCUT2D eigenvalue weighted by atomic mass is 10.4. The van der Waals surface area contributed by atoms with Crippen LogP contribution in [0.5, 0.6) is 0 Å². The topological polar surface area (TPSA) is 25.4 Å². The second-order valence-electron chi connectivity index (χ2n) is 1.73. The molecule has 1 aliphatic heterocycles. The zero-order valence-electron chi connectivity index (χ0n) is 4.20. The fourth-order valence-corrected chi connectivity index (χ4v) is 1.25. The summed E-state index contributed by atoms with van der Waals surface area (Å²) in [5.41, 5.74) is 1.83. The van der Waals surface area contributed by atoms with E-state index in [9.17, 15) is 0 Å². The summed E-state index contributed by atoms with van der Waals surface area (Å²) in [5.74, 6) is 0. The molecule has 2 rings (SSSR count). The van der Waals surface area contributed by atoms with Gasteiger partial charge in [0.1, 0.15) is 6.10 Å². The lowest BCUT2D eigenvalue weighted by Gasteiger charge is -1.77. The van der Waals surface area contributed by atoms with Crippen LogP contribution in [-0.4, -0.2) is 11.6 Å². The van der Waals surface area contributed by atoms with Gasteiger partial charge in [-0.2, -0.15) is 0 Å². The molecule has 1 saturated heterocycles. The number of nitrogens with zero attached hydrogens (tertiary/aromatic N) is 1. The Hall–Kier alpha value is -0.410. The van der Waals surface area contributed by atoms with Crippen molar-refractivity contribution in [3.05, 3.63) is 16.6 Å². The van der Waals surface area contributed by atoms with Gasteiger partial charge in [-0.3, -0.25) is 4.98 Å². The highest BCUT2D eigenvalue weighted by atomic mass is 32.1. The molecular weight excluding hydrogens is 122 g/mol. The van der Waals surface area contributed by atoms with Gasteiger partial charge in [-0.05, 0) is 0 Å². The third-order valence-corrected chi connectivity index (χ3v) is 1.97. The molecule has 8 heavy (non-hydrogen) atoms. The maximum atomic E-state index is 5.02. The number of epoxide rings is 1. The van der Waals surface area contributed by atoms with Crippen LogP contribution in [-0.2, 0) is 4.74 Å². The van der Waals surface area contributed by atoms with Gasteiger partial charge in [-0.15, -0.1) is 11.3 Å². The molecule has 0 N–H and O–H groups in total. The summed E-state index contributed by atoms with van der Waals surface area (Å²) in [6.45, 7) is 0.891. The number of aromatic nitrogens is 1. The van der Waals surface area contributed by atoms with E-state index in [0.717, 1.165) is 6.61 Å². The van der Waals surface area contributed by atoms with Gasteiger partial charge in [0.15, 0.2) is 0 Å². The molecule has 1 fully saturated rings. The Morgan fingerprint density at radius 1 is 1.88 bits per heavy atom. The van der Waals surface area contributed by atoms with Gasteiger partial charge in [0, 0.05) is 6.20 Å². The molecule has 0 amide bonds. The monoisotopic (exact) mass is 127 g/mol. The van der Waals surface area contributed by atoms with E-state index in [0.29, 0.717) is 6.10 Å². The molecule has 0 aliphatic carbocycles. The second kappa shape index (κ2) is 1.53. The molecule has 0 aromatic carbocycles. The molecule has 3 heteroatoms. The second-order valence-corrected chi connectivity index (χ2v) is 2.64. The maximum absolute atomic E-state index is 5.02. The summed E-state index contributed by atoms with van der Waals surface area (Å²) in [5, 5.41) is 0. The van der Waals surface area contributed by atoms with Crippen LogP contribution in [0.1, 0.15) is 11.0 Å². The predicted octanol–water partition coefficient (Wildman–Crippen LogP) is 1.21. The fourth-order valence-electron chi connectivity index (χ4n) is 0.597. The van der Waals surface area contributed by atoms with Crippen LogP contribution in [0, 0.1) is 0 Å². The lowest BCUT2D eigenvalue weighted by molar-refractivity contribution is 0.418. The van der Waals surface area contributed by atoms with Gasteiger partial charge in [-0.25, -0.2) is 0 Å². The number of hydrogen-bond donors (Lipinski definition) is 0. The first-order chi connectivity index (χ1) is 3.97. The molecule has 0 bridgehead atoms. The highest BCUT2D eigenvalue weighted by Crippen LogP contribution is 2.31. The quantitative estimate of drug-likeness (QED) is 0.530. The molecule has 0 radical (unpaired) electrons. The molecule has 1 aromatic rings. The van der Waals surface area contributed by atoms with Gasteiger partial charge < -0.3 is 4.74 Å². The molecule has 2 heterocycles. The van der Waals surface area contributed by atoms with Crippen LogP contribution in [0.4, 0.5) is 0 Å². The van der Waals surface area contributed by atoms with Crippen LogP contribution < -0.4 is 0 Å². The van der Waals surface area contributed by atoms with Crippen LogP contribution >= 0.6 is 11.3 Å². The highest BCUT2D eigenvalue weighted by Gasteiger charge is 2.25. The number of thiazole rings is 1. The minimum Gasteiger partial charge on any atom is -0.367 e. The Kier molecular flexibility index (Phi) is 0.856. The first-order valence-corrected chi connectivity index (χ1v) is 3.35. The zero-order valence-corrected chi connectivity index (χ0v) is 5.02. The van der Waals surface area contributed by atoms with Crippen LogP contribution in [0.15, 0.2) is 11.7 Å².